The molecule has 0 radical (unpaired) electrons. The van der Waals surface area contributed by atoms with Gasteiger partial charge in [-0.1, -0.05) is 0 Å². The van der Waals surface area contributed by atoms with Crippen LogP contribution in [0, 0.1) is 0 Å². The molecule has 0 spiro atoms. The molecule has 3 rings (SSSR count). The van der Waals surface area contributed by atoms with Gasteiger partial charge in [-0.3, -0.25) is 9.59 Å². The van der Waals surface area contributed by atoms with Gasteiger partial charge in [0.1, 0.15) is 5.75 Å². The van der Waals surface area contributed by atoms with Crippen LogP contribution in [-0.2, 0) is 0 Å². The van der Waals surface area contributed by atoms with E-state index in [9.17, 15) is 9.59 Å². The highest BCUT2D eigenvalue weighted by Crippen LogP contribution is 2.33. The SMILES string of the molecule is COc1ccc2c(c1)C(=O)CCN2C(=O)c1ccc(OC)c(OC)c1. The molecule has 0 bridgehead atoms. The quantitative estimate of drug-likeness (QED) is 0.855. The van der Waals surface area contributed by atoms with Crippen LogP contribution in [0.1, 0.15) is 27.1 Å². The van der Waals surface area contributed by atoms with E-state index in [1.54, 1.807) is 55.5 Å². The Hall–Kier alpha value is -3.02. The van der Waals surface area contributed by atoms with Gasteiger partial charge in [0.05, 0.1) is 27.0 Å². The molecule has 1 aliphatic heterocycles. The van der Waals surface area contributed by atoms with Crippen LogP contribution in [-0.4, -0.2) is 39.6 Å². The molecular formula is C19H19NO5. The third-order valence-corrected chi connectivity index (χ3v) is 4.23. The Balaban J connectivity index is 1.99. The third kappa shape index (κ3) is 3.03. The van der Waals surface area contributed by atoms with Gasteiger partial charge in [0.2, 0.25) is 0 Å². The molecular weight excluding hydrogens is 322 g/mol. The second-order valence-electron chi connectivity index (χ2n) is 5.58. The topological polar surface area (TPSA) is 65.1 Å². The van der Waals surface area contributed by atoms with Gasteiger partial charge in [0.15, 0.2) is 17.3 Å². The van der Waals surface area contributed by atoms with Crippen molar-refractivity contribution in [3.05, 3.63) is 47.5 Å². The fourth-order valence-electron chi connectivity index (χ4n) is 2.91. The van der Waals surface area contributed by atoms with Crippen molar-refractivity contribution < 1.29 is 23.8 Å². The normalized spacial score (nSPS) is 13.2. The number of hydrogen-bond acceptors (Lipinski definition) is 5. The van der Waals surface area contributed by atoms with Gasteiger partial charge < -0.3 is 19.1 Å². The number of hydrogen-bond donors (Lipinski definition) is 0. The highest BCUT2D eigenvalue weighted by Gasteiger charge is 2.28. The molecule has 130 valence electrons. The van der Waals surface area contributed by atoms with Crippen molar-refractivity contribution in [2.75, 3.05) is 32.8 Å². The summed E-state index contributed by atoms with van der Waals surface area (Å²) in [6.45, 7) is 0.339. The lowest BCUT2D eigenvalue weighted by Crippen LogP contribution is -2.37. The van der Waals surface area contributed by atoms with Gasteiger partial charge in [-0.25, -0.2) is 0 Å². The average molecular weight is 341 g/mol. The summed E-state index contributed by atoms with van der Waals surface area (Å²) in [5.41, 5.74) is 1.56. The lowest BCUT2D eigenvalue weighted by atomic mass is 9.99. The predicted octanol–water partition coefficient (Wildman–Crippen LogP) is 2.95. The van der Waals surface area contributed by atoms with E-state index in [0.29, 0.717) is 40.6 Å². The first-order valence-corrected chi connectivity index (χ1v) is 7.84. The van der Waals surface area contributed by atoms with Crippen LogP contribution < -0.4 is 19.1 Å². The van der Waals surface area contributed by atoms with E-state index in [0.717, 1.165) is 0 Å². The highest BCUT2D eigenvalue weighted by molar-refractivity contribution is 6.13. The standard InChI is InChI=1S/C19H19NO5/c1-23-13-5-6-15-14(11-13)16(21)8-9-20(15)19(22)12-4-7-17(24-2)18(10-12)25-3/h4-7,10-11H,8-9H2,1-3H3. The number of benzene rings is 2. The van der Waals surface area contributed by atoms with Crippen LogP contribution in [0.15, 0.2) is 36.4 Å². The minimum atomic E-state index is -0.195. The molecule has 2 aromatic rings. The molecule has 25 heavy (non-hydrogen) atoms. The van der Waals surface area contributed by atoms with Crippen molar-refractivity contribution in [1.29, 1.82) is 0 Å². The number of amides is 1. The minimum Gasteiger partial charge on any atom is -0.497 e. The number of Topliss-reactive ketones (excluding diaryl/α,β-unsaturated/α-hetero) is 1. The molecule has 1 heterocycles. The largest absolute Gasteiger partial charge is 0.497 e. The lowest BCUT2D eigenvalue weighted by Gasteiger charge is -2.29. The summed E-state index contributed by atoms with van der Waals surface area (Å²) < 4.78 is 15.6. The van der Waals surface area contributed by atoms with E-state index in [4.69, 9.17) is 14.2 Å². The van der Waals surface area contributed by atoms with Gasteiger partial charge in [-0.2, -0.15) is 0 Å². The molecule has 0 N–H and O–H groups in total. The Bertz CT molecular complexity index is 831. The van der Waals surface area contributed by atoms with Crippen LogP contribution in [0.3, 0.4) is 0 Å². The van der Waals surface area contributed by atoms with Crippen molar-refractivity contribution in [2.45, 2.75) is 6.42 Å². The number of nitrogens with zero attached hydrogens (tertiary/aromatic N) is 1. The smallest absolute Gasteiger partial charge is 0.258 e. The molecule has 0 fully saturated rings. The number of carbonyl (C=O) groups is 2. The van der Waals surface area contributed by atoms with Crippen molar-refractivity contribution in [1.82, 2.24) is 0 Å². The molecule has 2 aromatic carbocycles. The molecule has 0 unspecified atom stereocenters. The zero-order valence-electron chi connectivity index (χ0n) is 14.4. The number of ketones is 1. The maximum atomic E-state index is 13.0. The zero-order chi connectivity index (χ0) is 18.0. The Morgan fingerprint density at radius 3 is 2.40 bits per heavy atom. The first-order valence-electron chi connectivity index (χ1n) is 7.84. The number of methoxy groups -OCH3 is 3. The average Bonchev–Trinajstić information content (AvgIpc) is 2.67. The molecule has 0 aromatic heterocycles. The van der Waals surface area contributed by atoms with E-state index >= 15 is 0 Å². The summed E-state index contributed by atoms with van der Waals surface area (Å²) in [6, 6.07) is 10.2. The fraction of sp³-hybridized carbons (Fsp3) is 0.263. The summed E-state index contributed by atoms with van der Waals surface area (Å²) in [5.74, 6) is 1.44. The Labute approximate surface area is 145 Å². The molecule has 0 saturated heterocycles. The van der Waals surface area contributed by atoms with Crippen molar-refractivity contribution in [3.8, 4) is 17.2 Å². The van der Waals surface area contributed by atoms with Crippen molar-refractivity contribution >= 4 is 17.4 Å². The fourth-order valence-corrected chi connectivity index (χ4v) is 2.91. The van der Waals surface area contributed by atoms with Crippen molar-refractivity contribution in [3.63, 3.8) is 0 Å². The van der Waals surface area contributed by atoms with E-state index in [2.05, 4.69) is 0 Å². The first-order chi connectivity index (χ1) is 12.1. The third-order valence-electron chi connectivity index (χ3n) is 4.23. The van der Waals surface area contributed by atoms with Crippen molar-refractivity contribution in [2.24, 2.45) is 0 Å². The Morgan fingerprint density at radius 2 is 1.72 bits per heavy atom. The predicted molar refractivity (Wildman–Crippen MR) is 93.2 cm³/mol. The van der Waals surface area contributed by atoms with Crippen LogP contribution in [0.5, 0.6) is 17.2 Å². The van der Waals surface area contributed by atoms with Gasteiger partial charge >= 0.3 is 0 Å². The molecule has 0 saturated carbocycles. The number of carbonyl (C=O) groups excluding carboxylic acids is 2. The van der Waals surface area contributed by atoms with Crippen LogP contribution in [0.25, 0.3) is 0 Å². The number of fused-ring (bicyclic) bond motifs is 1. The second kappa shape index (κ2) is 6.84. The number of ether oxygens (including phenoxy) is 3. The van der Waals surface area contributed by atoms with Gasteiger partial charge in [0, 0.05) is 24.1 Å². The Morgan fingerprint density at radius 1 is 0.960 bits per heavy atom. The van der Waals surface area contributed by atoms with E-state index in [1.807, 2.05) is 0 Å². The maximum absolute atomic E-state index is 13.0. The molecule has 0 aliphatic carbocycles. The number of rotatable bonds is 4. The van der Waals surface area contributed by atoms with Crippen LogP contribution >= 0.6 is 0 Å². The van der Waals surface area contributed by atoms with Gasteiger partial charge in [-0.15, -0.1) is 0 Å². The Kier molecular flexibility index (Phi) is 4.61. The molecule has 0 atom stereocenters. The minimum absolute atomic E-state index is 0.00487. The monoisotopic (exact) mass is 341 g/mol. The summed E-state index contributed by atoms with van der Waals surface area (Å²) in [5, 5.41) is 0. The summed E-state index contributed by atoms with van der Waals surface area (Å²) >= 11 is 0. The van der Waals surface area contributed by atoms with E-state index < -0.39 is 0 Å². The highest BCUT2D eigenvalue weighted by atomic mass is 16.5. The van der Waals surface area contributed by atoms with Gasteiger partial charge in [-0.05, 0) is 36.4 Å². The molecule has 6 nitrogen and oxygen atoms in total. The number of anilines is 1. The van der Waals surface area contributed by atoms with Crippen LogP contribution in [0.2, 0.25) is 0 Å². The first kappa shape index (κ1) is 16.8. The molecule has 6 heteroatoms. The summed E-state index contributed by atoms with van der Waals surface area (Å²) in [6.07, 6.45) is 0.277. The van der Waals surface area contributed by atoms with Gasteiger partial charge in [0.25, 0.3) is 5.91 Å². The lowest BCUT2D eigenvalue weighted by molar-refractivity contribution is 0.0954. The second-order valence-corrected chi connectivity index (χ2v) is 5.58. The zero-order valence-corrected chi connectivity index (χ0v) is 14.4. The summed E-state index contributed by atoms with van der Waals surface area (Å²) in [7, 11) is 4.61. The maximum Gasteiger partial charge on any atom is 0.258 e. The van der Waals surface area contributed by atoms with E-state index in [1.165, 1.54) is 7.11 Å². The van der Waals surface area contributed by atoms with E-state index in [-0.39, 0.29) is 18.1 Å². The van der Waals surface area contributed by atoms with Crippen LogP contribution in [0.4, 0.5) is 5.69 Å². The summed E-state index contributed by atoms with van der Waals surface area (Å²) in [4.78, 5) is 26.8. The molecule has 1 amide bonds. The molecule has 1 aliphatic rings.